The molecule has 0 spiro atoms. The van der Waals surface area contributed by atoms with Gasteiger partial charge in [0.15, 0.2) is 9.84 Å². The monoisotopic (exact) mass is 202 g/mol. The standard InChI is InChI=1S/C8H14N2O2S/c1-6(5-9)7(10)8(2,3)13(4,11)12/h10H2,1-4H3/b7-6-. The highest BCUT2D eigenvalue weighted by Crippen LogP contribution is 2.23. The van der Waals surface area contributed by atoms with E-state index in [1.54, 1.807) is 0 Å². The molecule has 0 aromatic carbocycles. The van der Waals surface area contributed by atoms with Gasteiger partial charge in [-0.3, -0.25) is 0 Å². The van der Waals surface area contributed by atoms with Crippen LogP contribution in [0.25, 0.3) is 0 Å². The molecule has 0 aromatic rings. The van der Waals surface area contributed by atoms with Crippen molar-refractivity contribution in [3.8, 4) is 6.07 Å². The predicted molar refractivity (Wildman–Crippen MR) is 51.4 cm³/mol. The molecule has 0 radical (unpaired) electrons. The van der Waals surface area contributed by atoms with Crippen molar-refractivity contribution in [2.45, 2.75) is 25.5 Å². The van der Waals surface area contributed by atoms with Crippen molar-refractivity contribution in [2.75, 3.05) is 6.26 Å². The van der Waals surface area contributed by atoms with E-state index < -0.39 is 14.6 Å². The number of sulfone groups is 1. The van der Waals surface area contributed by atoms with Crippen LogP contribution in [0, 0.1) is 11.3 Å². The maximum Gasteiger partial charge on any atom is 0.158 e. The molecule has 5 heteroatoms. The topological polar surface area (TPSA) is 83.9 Å². The van der Waals surface area contributed by atoms with Crippen molar-refractivity contribution < 1.29 is 8.42 Å². The van der Waals surface area contributed by atoms with E-state index in [4.69, 9.17) is 11.0 Å². The van der Waals surface area contributed by atoms with Gasteiger partial charge in [-0.1, -0.05) is 0 Å². The minimum Gasteiger partial charge on any atom is -0.400 e. The number of hydrogen-bond acceptors (Lipinski definition) is 4. The normalized spacial score (nSPS) is 14.7. The van der Waals surface area contributed by atoms with Gasteiger partial charge in [-0.2, -0.15) is 5.26 Å². The van der Waals surface area contributed by atoms with Gasteiger partial charge in [-0.05, 0) is 20.8 Å². The van der Waals surface area contributed by atoms with Crippen molar-refractivity contribution in [3.63, 3.8) is 0 Å². The Bertz CT molecular complexity index is 371. The average molecular weight is 202 g/mol. The number of nitrogens with two attached hydrogens (primary N) is 1. The summed E-state index contributed by atoms with van der Waals surface area (Å²) in [4.78, 5) is 0. The molecular formula is C8H14N2O2S. The molecule has 0 atom stereocenters. The highest BCUT2D eigenvalue weighted by Gasteiger charge is 2.34. The van der Waals surface area contributed by atoms with E-state index in [0.29, 0.717) is 0 Å². The quantitative estimate of drug-likeness (QED) is 0.663. The van der Waals surface area contributed by atoms with Crippen LogP contribution in [0.15, 0.2) is 11.3 Å². The Kier molecular flexibility index (Phi) is 3.12. The summed E-state index contributed by atoms with van der Waals surface area (Å²) >= 11 is 0. The van der Waals surface area contributed by atoms with Gasteiger partial charge in [0.25, 0.3) is 0 Å². The van der Waals surface area contributed by atoms with Crippen LogP contribution >= 0.6 is 0 Å². The summed E-state index contributed by atoms with van der Waals surface area (Å²) in [7, 11) is -3.29. The summed E-state index contributed by atoms with van der Waals surface area (Å²) in [5, 5.41) is 8.55. The first kappa shape index (κ1) is 12.0. The van der Waals surface area contributed by atoms with Gasteiger partial charge in [-0.15, -0.1) is 0 Å². The summed E-state index contributed by atoms with van der Waals surface area (Å²) < 4.78 is 21.4. The van der Waals surface area contributed by atoms with Crippen LogP contribution in [0.2, 0.25) is 0 Å². The second-order valence-corrected chi connectivity index (χ2v) is 6.00. The molecule has 0 bridgehead atoms. The molecule has 0 amide bonds. The number of nitriles is 1. The largest absolute Gasteiger partial charge is 0.400 e. The second kappa shape index (κ2) is 3.38. The van der Waals surface area contributed by atoms with Crippen molar-refractivity contribution in [2.24, 2.45) is 5.73 Å². The lowest BCUT2D eigenvalue weighted by molar-refractivity contribution is 0.571. The third-order valence-electron chi connectivity index (χ3n) is 2.15. The molecule has 0 fully saturated rings. The van der Waals surface area contributed by atoms with Gasteiger partial charge >= 0.3 is 0 Å². The third kappa shape index (κ3) is 2.22. The minimum absolute atomic E-state index is 0.109. The zero-order valence-corrected chi connectivity index (χ0v) is 9.07. The Morgan fingerprint density at radius 2 is 1.85 bits per heavy atom. The smallest absolute Gasteiger partial charge is 0.158 e. The van der Waals surface area contributed by atoms with E-state index in [0.717, 1.165) is 6.26 Å². The molecule has 13 heavy (non-hydrogen) atoms. The predicted octanol–water partition coefficient (Wildman–Crippen LogP) is 0.566. The first-order chi connectivity index (χ1) is 5.64. The van der Waals surface area contributed by atoms with E-state index in [1.165, 1.54) is 20.8 Å². The van der Waals surface area contributed by atoms with E-state index in [1.807, 2.05) is 6.07 Å². The first-order valence-electron chi connectivity index (χ1n) is 3.71. The SMILES string of the molecule is C/C(C#N)=C(/N)C(C)(C)S(C)(=O)=O. The molecule has 0 aliphatic heterocycles. The summed E-state index contributed by atoms with van der Waals surface area (Å²) in [5.74, 6) is 0. The van der Waals surface area contributed by atoms with Gasteiger partial charge in [0.05, 0.1) is 6.07 Å². The maximum atomic E-state index is 11.3. The Hall–Kier alpha value is -1.02. The van der Waals surface area contributed by atoms with Crippen LogP contribution in [-0.4, -0.2) is 19.4 Å². The lowest BCUT2D eigenvalue weighted by Crippen LogP contribution is -2.37. The first-order valence-corrected chi connectivity index (χ1v) is 5.60. The van der Waals surface area contributed by atoms with Crippen molar-refractivity contribution in [1.29, 1.82) is 5.26 Å². The van der Waals surface area contributed by atoms with Gasteiger partial charge in [0.2, 0.25) is 0 Å². The summed E-state index contributed by atoms with van der Waals surface area (Å²) in [6.45, 7) is 4.47. The molecule has 0 aliphatic carbocycles. The van der Waals surface area contributed by atoms with E-state index in [2.05, 4.69) is 0 Å². The van der Waals surface area contributed by atoms with Crippen LogP contribution in [0.3, 0.4) is 0 Å². The van der Waals surface area contributed by atoms with Crippen LogP contribution < -0.4 is 5.73 Å². The number of hydrogen-bond donors (Lipinski definition) is 1. The highest BCUT2D eigenvalue weighted by molar-refractivity contribution is 7.92. The number of rotatable bonds is 2. The molecule has 0 heterocycles. The molecular weight excluding hydrogens is 188 g/mol. The zero-order valence-electron chi connectivity index (χ0n) is 8.25. The van der Waals surface area contributed by atoms with Crippen molar-refractivity contribution in [3.05, 3.63) is 11.3 Å². The number of nitrogens with zero attached hydrogens (tertiary/aromatic N) is 1. The molecule has 0 unspecified atom stereocenters. The Morgan fingerprint density at radius 3 is 2.08 bits per heavy atom. The lowest BCUT2D eigenvalue weighted by atomic mass is 10.1. The molecule has 0 saturated carbocycles. The Morgan fingerprint density at radius 1 is 1.46 bits per heavy atom. The second-order valence-electron chi connectivity index (χ2n) is 3.43. The number of allylic oxidation sites excluding steroid dienone is 1. The van der Waals surface area contributed by atoms with Gasteiger partial charge in [-0.25, -0.2) is 8.42 Å². The molecule has 4 nitrogen and oxygen atoms in total. The van der Waals surface area contributed by atoms with Crippen molar-refractivity contribution >= 4 is 9.84 Å². The summed E-state index contributed by atoms with van der Waals surface area (Å²) in [6.07, 6.45) is 1.10. The fourth-order valence-electron chi connectivity index (χ4n) is 0.712. The highest BCUT2D eigenvalue weighted by atomic mass is 32.2. The summed E-state index contributed by atoms with van der Waals surface area (Å²) in [5.41, 5.74) is 5.92. The van der Waals surface area contributed by atoms with Crippen LogP contribution in [0.1, 0.15) is 20.8 Å². The molecule has 0 aromatic heterocycles. The average Bonchev–Trinajstić information content (AvgIpc) is 1.99. The van der Waals surface area contributed by atoms with Crippen LogP contribution in [-0.2, 0) is 9.84 Å². The molecule has 0 aliphatic rings. The maximum absolute atomic E-state index is 11.3. The van der Waals surface area contributed by atoms with Gasteiger partial charge in [0, 0.05) is 17.5 Å². The van der Waals surface area contributed by atoms with E-state index in [-0.39, 0.29) is 11.3 Å². The van der Waals surface area contributed by atoms with Gasteiger partial charge < -0.3 is 5.73 Å². The molecule has 0 saturated heterocycles. The molecule has 0 rings (SSSR count). The molecule has 2 N–H and O–H groups in total. The van der Waals surface area contributed by atoms with Crippen molar-refractivity contribution in [1.82, 2.24) is 0 Å². The van der Waals surface area contributed by atoms with E-state index >= 15 is 0 Å². The van der Waals surface area contributed by atoms with Crippen LogP contribution in [0.5, 0.6) is 0 Å². The zero-order chi connectivity index (χ0) is 10.9. The fraction of sp³-hybridized carbons (Fsp3) is 0.625. The van der Waals surface area contributed by atoms with E-state index in [9.17, 15) is 8.42 Å². The Balaban J connectivity index is 5.49. The minimum atomic E-state index is -3.29. The summed E-state index contributed by atoms with van der Waals surface area (Å²) in [6, 6.07) is 1.83. The lowest BCUT2D eigenvalue weighted by Gasteiger charge is -2.23. The Labute approximate surface area is 79.0 Å². The fourth-order valence-corrected chi connectivity index (χ4v) is 1.26. The third-order valence-corrected chi connectivity index (χ3v) is 4.22. The van der Waals surface area contributed by atoms with Crippen LogP contribution in [0.4, 0.5) is 0 Å². The molecule has 74 valence electrons. The van der Waals surface area contributed by atoms with Gasteiger partial charge in [0.1, 0.15) is 4.75 Å².